The van der Waals surface area contributed by atoms with Gasteiger partial charge in [-0.05, 0) is 17.7 Å². The Morgan fingerprint density at radius 2 is 1.73 bits per heavy atom. The average molecular weight is 245 g/mol. The lowest BCUT2D eigenvalue weighted by atomic mass is 10.4. The molecule has 0 spiro atoms. The van der Waals surface area contributed by atoms with E-state index in [-0.39, 0.29) is 0 Å². The molecule has 0 amide bonds. The van der Waals surface area contributed by atoms with Crippen LogP contribution in [0.1, 0.15) is 6.42 Å². The highest BCUT2D eigenvalue weighted by atomic mass is 35.5. The maximum absolute atomic E-state index is 5.72. The number of rotatable bonds is 6. The summed E-state index contributed by atoms with van der Waals surface area (Å²) in [4.78, 5) is 0. The molecule has 0 aliphatic carbocycles. The molecule has 84 valence electrons. The molecule has 2 nitrogen and oxygen atoms in total. The molecule has 0 radical (unpaired) electrons. The Balaban J connectivity index is 2.89. The van der Waals surface area contributed by atoms with Gasteiger partial charge >= 0.3 is 8.56 Å². The Kier molecular flexibility index (Phi) is 5.32. The van der Waals surface area contributed by atoms with Gasteiger partial charge < -0.3 is 8.85 Å². The van der Waals surface area contributed by atoms with E-state index in [1.807, 2.05) is 18.2 Å². The van der Waals surface area contributed by atoms with E-state index in [2.05, 4.69) is 12.1 Å². The van der Waals surface area contributed by atoms with Crippen molar-refractivity contribution in [1.29, 1.82) is 0 Å². The number of halogens is 1. The van der Waals surface area contributed by atoms with Crippen LogP contribution in [0.25, 0.3) is 0 Å². The van der Waals surface area contributed by atoms with Gasteiger partial charge in [-0.2, -0.15) is 0 Å². The summed E-state index contributed by atoms with van der Waals surface area (Å²) in [6, 6.07) is 11.0. The third kappa shape index (κ3) is 3.05. The van der Waals surface area contributed by atoms with Gasteiger partial charge in [0.15, 0.2) is 0 Å². The van der Waals surface area contributed by atoms with E-state index in [4.69, 9.17) is 20.5 Å². The van der Waals surface area contributed by atoms with E-state index >= 15 is 0 Å². The summed E-state index contributed by atoms with van der Waals surface area (Å²) < 4.78 is 11.3. The van der Waals surface area contributed by atoms with Crippen molar-refractivity contribution in [3.8, 4) is 0 Å². The largest absolute Gasteiger partial charge is 0.394 e. The first kappa shape index (κ1) is 12.7. The van der Waals surface area contributed by atoms with Crippen molar-refractivity contribution < 1.29 is 8.85 Å². The van der Waals surface area contributed by atoms with E-state index in [0.717, 1.165) is 12.5 Å². The molecule has 1 aromatic carbocycles. The summed E-state index contributed by atoms with van der Waals surface area (Å²) in [6.07, 6.45) is 0.921. The highest BCUT2D eigenvalue weighted by Crippen LogP contribution is 2.15. The zero-order valence-corrected chi connectivity index (χ0v) is 11.0. The van der Waals surface area contributed by atoms with Crippen LogP contribution in [0.5, 0.6) is 0 Å². The topological polar surface area (TPSA) is 18.5 Å². The lowest BCUT2D eigenvalue weighted by Crippen LogP contribution is -2.52. The zero-order valence-electron chi connectivity index (χ0n) is 9.20. The molecule has 0 fully saturated rings. The fraction of sp³-hybridized carbons (Fsp3) is 0.455. The third-order valence-electron chi connectivity index (χ3n) is 2.51. The monoisotopic (exact) mass is 244 g/mol. The Bertz CT molecular complexity index is 275. The minimum Gasteiger partial charge on any atom is -0.394 e. The van der Waals surface area contributed by atoms with E-state index in [9.17, 15) is 0 Å². The number of hydrogen-bond donors (Lipinski definition) is 0. The number of benzene rings is 1. The Morgan fingerprint density at radius 1 is 1.13 bits per heavy atom. The molecule has 0 N–H and O–H groups in total. The summed E-state index contributed by atoms with van der Waals surface area (Å²) in [7, 11) is 1.21. The normalized spacial score (nSPS) is 11.7. The molecule has 0 heterocycles. The van der Waals surface area contributed by atoms with Gasteiger partial charge in [-0.25, -0.2) is 0 Å². The highest BCUT2D eigenvalue weighted by molar-refractivity contribution is 6.81. The lowest BCUT2D eigenvalue weighted by Gasteiger charge is -2.27. The van der Waals surface area contributed by atoms with Crippen molar-refractivity contribution in [2.45, 2.75) is 12.5 Å². The lowest BCUT2D eigenvalue weighted by molar-refractivity contribution is 0.257. The molecule has 0 atom stereocenters. The maximum atomic E-state index is 5.72. The van der Waals surface area contributed by atoms with Crippen molar-refractivity contribution >= 4 is 25.3 Å². The minimum absolute atomic E-state index is 0.647. The second kappa shape index (κ2) is 6.28. The smallest absolute Gasteiger partial charge is 0.372 e. The highest BCUT2D eigenvalue weighted by Gasteiger charge is 2.37. The first-order chi connectivity index (χ1) is 7.29. The van der Waals surface area contributed by atoms with Gasteiger partial charge in [0.1, 0.15) is 0 Å². The van der Waals surface area contributed by atoms with Crippen molar-refractivity contribution in [3.63, 3.8) is 0 Å². The number of alkyl halides is 1. The van der Waals surface area contributed by atoms with Gasteiger partial charge in [0, 0.05) is 20.1 Å². The Hall–Kier alpha value is -0.353. The second-order valence-corrected chi connectivity index (χ2v) is 7.10. The summed E-state index contributed by atoms with van der Waals surface area (Å²) >= 11 is 5.72. The molecule has 0 saturated carbocycles. The molecule has 0 saturated heterocycles. The SMILES string of the molecule is CO[Si](CCCCl)(OC)c1ccccc1. The van der Waals surface area contributed by atoms with E-state index in [1.54, 1.807) is 14.2 Å². The van der Waals surface area contributed by atoms with Crippen LogP contribution in [0, 0.1) is 0 Å². The molecule has 0 unspecified atom stereocenters. The molecular formula is C11H17ClO2Si. The fourth-order valence-electron chi connectivity index (χ4n) is 1.66. The molecule has 0 aliphatic rings. The van der Waals surface area contributed by atoms with E-state index in [1.165, 1.54) is 5.19 Å². The zero-order chi connectivity index (χ0) is 11.1. The van der Waals surface area contributed by atoms with Crippen LogP contribution < -0.4 is 5.19 Å². The van der Waals surface area contributed by atoms with E-state index in [0.29, 0.717) is 5.88 Å². The third-order valence-corrected chi connectivity index (χ3v) is 6.32. The predicted molar refractivity (Wildman–Crippen MR) is 66.0 cm³/mol. The number of hydrogen-bond acceptors (Lipinski definition) is 2. The van der Waals surface area contributed by atoms with Gasteiger partial charge in [0.05, 0.1) is 0 Å². The van der Waals surface area contributed by atoms with E-state index < -0.39 is 8.56 Å². The molecule has 0 aliphatic heterocycles. The maximum Gasteiger partial charge on any atom is 0.372 e. The van der Waals surface area contributed by atoms with Crippen LogP contribution >= 0.6 is 11.6 Å². The first-order valence-electron chi connectivity index (χ1n) is 5.01. The van der Waals surface area contributed by atoms with Gasteiger partial charge in [0.2, 0.25) is 0 Å². The van der Waals surface area contributed by atoms with Gasteiger partial charge in [-0.3, -0.25) is 0 Å². The predicted octanol–water partition coefficient (Wildman–Crippen LogP) is 2.26. The standard InChI is InChI=1S/C11H17ClO2Si/c1-13-15(14-2,10-6-9-12)11-7-4-3-5-8-11/h3-5,7-8H,6,9-10H2,1-2H3. The summed E-state index contributed by atoms with van der Waals surface area (Å²) in [6.45, 7) is 0. The average Bonchev–Trinajstić information content (AvgIpc) is 2.33. The van der Waals surface area contributed by atoms with Gasteiger partial charge in [-0.15, -0.1) is 11.6 Å². The van der Waals surface area contributed by atoms with Crippen LogP contribution in [0.4, 0.5) is 0 Å². The molecule has 1 aromatic rings. The molecule has 15 heavy (non-hydrogen) atoms. The molecule has 4 heteroatoms. The minimum atomic E-state index is -2.22. The molecule has 0 bridgehead atoms. The van der Waals surface area contributed by atoms with Crippen LogP contribution in [-0.4, -0.2) is 28.7 Å². The van der Waals surface area contributed by atoms with Gasteiger partial charge in [0.25, 0.3) is 0 Å². The molecule has 0 aromatic heterocycles. The van der Waals surface area contributed by atoms with Crippen molar-refractivity contribution in [1.82, 2.24) is 0 Å². The van der Waals surface area contributed by atoms with Crippen LogP contribution in [0.15, 0.2) is 30.3 Å². The van der Waals surface area contributed by atoms with Crippen molar-refractivity contribution in [2.75, 3.05) is 20.1 Å². The van der Waals surface area contributed by atoms with Crippen LogP contribution in [0.3, 0.4) is 0 Å². The van der Waals surface area contributed by atoms with Crippen molar-refractivity contribution in [3.05, 3.63) is 30.3 Å². The fourth-order valence-corrected chi connectivity index (χ4v) is 4.69. The Morgan fingerprint density at radius 3 is 2.20 bits per heavy atom. The van der Waals surface area contributed by atoms with Crippen LogP contribution in [-0.2, 0) is 8.85 Å². The van der Waals surface area contributed by atoms with Crippen molar-refractivity contribution in [2.24, 2.45) is 0 Å². The van der Waals surface area contributed by atoms with Gasteiger partial charge in [-0.1, -0.05) is 30.3 Å². The Labute approximate surface area is 97.4 Å². The molecular weight excluding hydrogens is 228 g/mol. The summed E-state index contributed by atoms with van der Waals surface area (Å²) in [5.41, 5.74) is 0. The first-order valence-corrected chi connectivity index (χ1v) is 7.56. The quantitative estimate of drug-likeness (QED) is 0.565. The molecule has 1 rings (SSSR count). The summed E-state index contributed by atoms with van der Waals surface area (Å²) in [5, 5.41) is 1.17. The van der Waals surface area contributed by atoms with Crippen LogP contribution in [0.2, 0.25) is 6.04 Å². The second-order valence-electron chi connectivity index (χ2n) is 3.32. The summed E-state index contributed by atoms with van der Waals surface area (Å²) in [5.74, 6) is 0.647.